The molecule has 0 bridgehead atoms. The van der Waals surface area contributed by atoms with Crippen LogP contribution < -0.4 is 15.5 Å². The molecule has 2 saturated heterocycles. The maximum absolute atomic E-state index is 12.7. The van der Waals surface area contributed by atoms with E-state index in [0.29, 0.717) is 6.04 Å². The van der Waals surface area contributed by atoms with Gasteiger partial charge in [0.05, 0.1) is 0 Å². The van der Waals surface area contributed by atoms with Crippen LogP contribution in [0, 0.1) is 5.92 Å². The van der Waals surface area contributed by atoms with Crippen molar-refractivity contribution in [3.05, 3.63) is 30.3 Å². The third-order valence-electron chi connectivity index (χ3n) is 4.82. The summed E-state index contributed by atoms with van der Waals surface area (Å²) in [5.41, 5.74) is 0.909. The second-order valence-electron chi connectivity index (χ2n) is 6.61. The molecular formula is C18H25N3O2. The Morgan fingerprint density at radius 2 is 2.04 bits per heavy atom. The van der Waals surface area contributed by atoms with Crippen LogP contribution in [-0.4, -0.2) is 37.0 Å². The number of anilines is 1. The van der Waals surface area contributed by atoms with E-state index in [1.807, 2.05) is 30.3 Å². The van der Waals surface area contributed by atoms with Crippen molar-refractivity contribution in [2.75, 3.05) is 18.0 Å². The van der Waals surface area contributed by atoms with Crippen LogP contribution >= 0.6 is 0 Å². The summed E-state index contributed by atoms with van der Waals surface area (Å²) in [4.78, 5) is 27.0. The van der Waals surface area contributed by atoms with Crippen LogP contribution in [0.15, 0.2) is 30.3 Å². The van der Waals surface area contributed by atoms with Gasteiger partial charge < -0.3 is 15.5 Å². The molecule has 1 unspecified atom stereocenters. The van der Waals surface area contributed by atoms with Crippen molar-refractivity contribution in [3.63, 3.8) is 0 Å². The predicted molar refractivity (Wildman–Crippen MR) is 90.1 cm³/mol. The number of nitrogens with one attached hydrogen (secondary N) is 2. The largest absolute Gasteiger partial charge is 0.344 e. The number of nitrogens with zero attached hydrogens (tertiary/aromatic N) is 1. The van der Waals surface area contributed by atoms with E-state index < -0.39 is 0 Å². The summed E-state index contributed by atoms with van der Waals surface area (Å²) in [7, 11) is 0. The summed E-state index contributed by atoms with van der Waals surface area (Å²) in [5, 5.41) is 6.35. The highest BCUT2D eigenvalue weighted by molar-refractivity contribution is 6.00. The van der Waals surface area contributed by atoms with E-state index in [4.69, 9.17) is 0 Å². The van der Waals surface area contributed by atoms with Gasteiger partial charge in [-0.25, -0.2) is 0 Å². The lowest BCUT2D eigenvalue weighted by molar-refractivity contribution is -0.131. The van der Waals surface area contributed by atoms with Gasteiger partial charge in [-0.3, -0.25) is 9.59 Å². The first-order chi connectivity index (χ1) is 11.1. The van der Waals surface area contributed by atoms with Crippen LogP contribution in [0.25, 0.3) is 0 Å². The first-order valence-corrected chi connectivity index (χ1v) is 8.55. The van der Waals surface area contributed by atoms with Crippen LogP contribution in [0.3, 0.4) is 0 Å². The van der Waals surface area contributed by atoms with Crippen molar-refractivity contribution in [3.8, 4) is 0 Å². The lowest BCUT2D eigenvalue weighted by atomic mass is 9.92. The molecule has 0 radical (unpaired) electrons. The van der Waals surface area contributed by atoms with E-state index in [1.54, 1.807) is 4.90 Å². The molecule has 0 saturated carbocycles. The quantitative estimate of drug-likeness (QED) is 0.892. The van der Waals surface area contributed by atoms with E-state index in [1.165, 1.54) is 0 Å². The number of benzene rings is 1. The molecule has 0 aliphatic carbocycles. The monoisotopic (exact) mass is 315 g/mol. The van der Waals surface area contributed by atoms with Crippen LogP contribution in [0.4, 0.5) is 5.69 Å². The van der Waals surface area contributed by atoms with Gasteiger partial charge >= 0.3 is 0 Å². The van der Waals surface area contributed by atoms with Crippen LogP contribution in [0.5, 0.6) is 0 Å². The average Bonchev–Trinajstić information content (AvgIpc) is 2.57. The number of hydrogen-bond donors (Lipinski definition) is 2. The lowest BCUT2D eigenvalue weighted by Crippen LogP contribution is -2.54. The zero-order valence-electron chi connectivity index (χ0n) is 13.6. The molecule has 2 N–H and O–H groups in total. The average molecular weight is 315 g/mol. The van der Waals surface area contributed by atoms with Crippen molar-refractivity contribution in [2.45, 2.75) is 44.7 Å². The molecule has 2 aliphatic heterocycles. The second kappa shape index (κ2) is 7.13. The van der Waals surface area contributed by atoms with Gasteiger partial charge in [-0.15, -0.1) is 0 Å². The van der Waals surface area contributed by atoms with Crippen molar-refractivity contribution in [2.24, 2.45) is 5.92 Å². The van der Waals surface area contributed by atoms with Gasteiger partial charge in [0.1, 0.15) is 6.04 Å². The lowest BCUT2D eigenvalue weighted by Gasteiger charge is -2.34. The van der Waals surface area contributed by atoms with Gasteiger partial charge in [0, 0.05) is 24.2 Å². The molecule has 3 rings (SSSR count). The maximum atomic E-state index is 12.7. The minimum Gasteiger partial charge on any atom is -0.344 e. The minimum absolute atomic E-state index is 0.0118. The van der Waals surface area contributed by atoms with Gasteiger partial charge in [-0.1, -0.05) is 18.2 Å². The van der Waals surface area contributed by atoms with Crippen LogP contribution in [0.1, 0.15) is 32.6 Å². The summed E-state index contributed by atoms with van der Waals surface area (Å²) in [6.45, 7) is 3.69. The second-order valence-corrected chi connectivity index (χ2v) is 6.61. The molecule has 3 atom stereocenters. The number of piperidine rings is 2. The van der Waals surface area contributed by atoms with E-state index in [2.05, 4.69) is 17.6 Å². The molecule has 124 valence electrons. The molecule has 2 heterocycles. The van der Waals surface area contributed by atoms with E-state index in [0.717, 1.165) is 44.5 Å². The van der Waals surface area contributed by atoms with Crippen molar-refractivity contribution in [1.82, 2.24) is 10.6 Å². The zero-order valence-corrected chi connectivity index (χ0v) is 13.6. The Bertz CT molecular complexity index is 561. The fourth-order valence-corrected chi connectivity index (χ4v) is 3.53. The smallest absolute Gasteiger partial charge is 0.249 e. The van der Waals surface area contributed by atoms with E-state index in [9.17, 15) is 9.59 Å². The molecule has 2 fully saturated rings. The molecule has 2 amide bonds. The highest BCUT2D eigenvalue weighted by Crippen LogP contribution is 2.22. The fraction of sp³-hybridized carbons (Fsp3) is 0.556. The SMILES string of the molecule is C[C@H]1C[C@@H](C(=O)NC2CCCN(c3ccccc3)C2=O)CCN1. The summed E-state index contributed by atoms with van der Waals surface area (Å²) >= 11 is 0. The minimum atomic E-state index is -0.387. The molecule has 5 nitrogen and oxygen atoms in total. The summed E-state index contributed by atoms with van der Waals surface area (Å²) < 4.78 is 0. The van der Waals surface area contributed by atoms with Crippen molar-refractivity contribution < 1.29 is 9.59 Å². The fourth-order valence-electron chi connectivity index (χ4n) is 3.53. The third-order valence-corrected chi connectivity index (χ3v) is 4.82. The molecule has 1 aromatic rings. The molecule has 2 aliphatic rings. The number of carbonyl (C=O) groups excluding carboxylic acids is 2. The maximum Gasteiger partial charge on any atom is 0.249 e. The number of hydrogen-bond acceptors (Lipinski definition) is 3. The molecule has 0 spiro atoms. The molecule has 5 heteroatoms. The molecular weight excluding hydrogens is 290 g/mol. The van der Waals surface area contributed by atoms with E-state index in [-0.39, 0.29) is 23.8 Å². The van der Waals surface area contributed by atoms with E-state index >= 15 is 0 Å². The Labute approximate surface area is 137 Å². The summed E-state index contributed by atoms with van der Waals surface area (Å²) in [5.74, 6) is 0.0653. The Kier molecular flexibility index (Phi) is 4.96. The Hall–Kier alpha value is -1.88. The molecule has 1 aromatic carbocycles. The standard InChI is InChI=1S/C18H25N3O2/c1-13-12-14(9-10-19-13)17(22)20-16-8-5-11-21(18(16)23)15-6-3-2-4-7-15/h2-4,6-7,13-14,16,19H,5,8-12H2,1H3,(H,20,22)/t13-,14-,16?/m0/s1. The molecule has 23 heavy (non-hydrogen) atoms. The highest BCUT2D eigenvalue weighted by atomic mass is 16.2. The Morgan fingerprint density at radius 1 is 1.26 bits per heavy atom. The Balaban J connectivity index is 1.63. The van der Waals surface area contributed by atoms with Crippen molar-refractivity contribution >= 4 is 17.5 Å². The normalized spacial score (nSPS) is 28.5. The van der Waals surface area contributed by atoms with Gasteiger partial charge in [-0.2, -0.15) is 0 Å². The van der Waals surface area contributed by atoms with Crippen LogP contribution in [-0.2, 0) is 9.59 Å². The van der Waals surface area contributed by atoms with Gasteiger partial charge in [-0.05, 0) is 51.3 Å². The topological polar surface area (TPSA) is 61.4 Å². The number of para-hydroxylation sites is 1. The zero-order chi connectivity index (χ0) is 16.2. The third kappa shape index (κ3) is 3.72. The number of rotatable bonds is 3. The number of amides is 2. The number of carbonyl (C=O) groups is 2. The van der Waals surface area contributed by atoms with Crippen LogP contribution in [0.2, 0.25) is 0 Å². The van der Waals surface area contributed by atoms with Crippen molar-refractivity contribution in [1.29, 1.82) is 0 Å². The van der Waals surface area contributed by atoms with Gasteiger partial charge in [0.25, 0.3) is 0 Å². The highest BCUT2D eigenvalue weighted by Gasteiger charge is 2.33. The van der Waals surface area contributed by atoms with Gasteiger partial charge in [0.15, 0.2) is 0 Å². The summed E-state index contributed by atoms with van der Waals surface area (Å²) in [6.07, 6.45) is 3.33. The predicted octanol–water partition coefficient (Wildman–Crippen LogP) is 1.69. The Morgan fingerprint density at radius 3 is 2.78 bits per heavy atom. The summed E-state index contributed by atoms with van der Waals surface area (Å²) in [6, 6.07) is 9.66. The first kappa shape index (κ1) is 16.0. The molecule has 0 aromatic heterocycles. The van der Waals surface area contributed by atoms with Gasteiger partial charge in [0.2, 0.25) is 11.8 Å². The first-order valence-electron chi connectivity index (χ1n) is 8.55.